The number of ether oxygens (including phenoxy) is 1. The number of rotatable bonds is 7. The van der Waals surface area contributed by atoms with Gasteiger partial charge in [0.2, 0.25) is 0 Å². The Bertz CT molecular complexity index is 582. The van der Waals surface area contributed by atoms with Crippen LogP contribution < -0.4 is 4.72 Å². The van der Waals surface area contributed by atoms with Gasteiger partial charge in [-0.15, -0.1) is 0 Å². The standard InChI is InChI=1S/C13H23N5O4S/c1-2-22-13(19)16-9-11-18(12-10-16)23(20,21)15-6-4-8-17-7-3-5-14-17/h3,5,7,15H,2,4,6,8-12H2,1H3. The molecule has 0 aromatic carbocycles. The number of nitrogens with one attached hydrogen (secondary N) is 1. The van der Waals surface area contributed by atoms with Crippen molar-refractivity contribution in [3.05, 3.63) is 18.5 Å². The van der Waals surface area contributed by atoms with Gasteiger partial charge in [-0.2, -0.15) is 17.8 Å². The summed E-state index contributed by atoms with van der Waals surface area (Å²) in [7, 11) is -3.51. The summed E-state index contributed by atoms with van der Waals surface area (Å²) in [5, 5.41) is 4.06. The highest BCUT2D eigenvalue weighted by Crippen LogP contribution is 2.07. The Balaban J connectivity index is 1.72. The Labute approximate surface area is 136 Å². The topological polar surface area (TPSA) is 96.8 Å². The van der Waals surface area contributed by atoms with Gasteiger partial charge in [-0.3, -0.25) is 4.68 Å². The predicted octanol–water partition coefficient (Wildman–Crippen LogP) is -0.118. The lowest BCUT2D eigenvalue weighted by atomic mass is 10.4. The van der Waals surface area contributed by atoms with Crippen molar-refractivity contribution >= 4 is 16.3 Å². The van der Waals surface area contributed by atoms with Gasteiger partial charge in [0.15, 0.2) is 0 Å². The van der Waals surface area contributed by atoms with Crippen LogP contribution >= 0.6 is 0 Å². The number of carbonyl (C=O) groups is 1. The van der Waals surface area contributed by atoms with Crippen molar-refractivity contribution < 1.29 is 17.9 Å². The number of amides is 1. The summed E-state index contributed by atoms with van der Waals surface area (Å²) in [6.45, 7) is 4.29. The molecule has 0 spiro atoms. The summed E-state index contributed by atoms with van der Waals surface area (Å²) in [5.41, 5.74) is 0. The molecule has 0 radical (unpaired) electrons. The molecule has 1 N–H and O–H groups in total. The van der Waals surface area contributed by atoms with Crippen molar-refractivity contribution in [2.24, 2.45) is 0 Å². The fourth-order valence-corrected chi connectivity index (χ4v) is 3.52. The number of aryl methyl sites for hydroxylation is 1. The number of carbonyl (C=O) groups excluding carboxylic acids is 1. The number of aromatic nitrogens is 2. The minimum atomic E-state index is -3.51. The zero-order valence-electron chi connectivity index (χ0n) is 13.2. The third-order valence-corrected chi connectivity index (χ3v) is 5.13. The quantitative estimate of drug-likeness (QED) is 0.695. The van der Waals surface area contributed by atoms with E-state index >= 15 is 0 Å². The molecule has 10 heteroatoms. The number of hydrogen-bond acceptors (Lipinski definition) is 5. The Hall–Kier alpha value is -1.65. The zero-order chi connectivity index (χ0) is 16.7. The Morgan fingerprint density at radius 1 is 1.30 bits per heavy atom. The molecule has 9 nitrogen and oxygen atoms in total. The van der Waals surface area contributed by atoms with E-state index in [1.54, 1.807) is 17.8 Å². The van der Waals surface area contributed by atoms with Crippen LogP contribution in [0.4, 0.5) is 4.79 Å². The Kier molecular flexibility index (Phi) is 6.37. The molecule has 130 valence electrons. The highest BCUT2D eigenvalue weighted by atomic mass is 32.2. The van der Waals surface area contributed by atoms with E-state index in [0.29, 0.717) is 39.2 Å². The second-order valence-corrected chi connectivity index (χ2v) is 6.86. The van der Waals surface area contributed by atoms with Crippen molar-refractivity contribution in [1.82, 2.24) is 23.7 Å². The van der Waals surface area contributed by atoms with E-state index in [1.807, 2.05) is 12.3 Å². The van der Waals surface area contributed by atoms with Gasteiger partial charge >= 0.3 is 6.09 Å². The monoisotopic (exact) mass is 345 g/mol. The summed E-state index contributed by atoms with van der Waals surface area (Å²) >= 11 is 0. The molecule has 1 aromatic rings. The fraction of sp³-hybridized carbons (Fsp3) is 0.692. The molecule has 2 rings (SSSR count). The van der Waals surface area contributed by atoms with Crippen LogP contribution in [0.15, 0.2) is 18.5 Å². The van der Waals surface area contributed by atoms with Crippen molar-refractivity contribution in [3.63, 3.8) is 0 Å². The van der Waals surface area contributed by atoms with E-state index < -0.39 is 16.3 Å². The van der Waals surface area contributed by atoms with Gasteiger partial charge in [-0.1, -0.05) is 0 Å². The van der Waals surface area contributed by atoms with Crippen molar-refractivity contribution in [1.29, 1.82) is 0 Å². The van der Waals surface area contributed by atoms with Crippen molar-refractivity contribution in [2.75, 3.05) is 39.3 Å². The van der Waals surface area contributed by atoms with Crippen LogP contribution in [0, 0.1) is 0 Å². The first kappa shape index (κ1) is 17.7. The highest BCUT2D eigenvalue weighted by Gasteiger charge is 2.28. The van der Waals surface area contributed by atoms with Crippen molar-refractivity contribution in [2.45, 2.75) is 19.9 Å². The van der Waals surface area contributed by atoms with Gasteiger partial charge < -0.3 is 9.64 Å². The SMILES string of the molecule is CCOC(=O)N1CCN(S(=O)(=O)NCCCn2cccn2)CC1. The van der Waals surface area contributed by atoms with Gasteiger partial charge in [-0.25, -0.2) is 9.52 Å². The Morgan fingerprint density at radius 2 is 2.04 bits per heavy atom. The van der Waals surface area contributed by atoms with E-state index in [-0.39, 0.29) is 13.1 Å². The van der Waals surface area contributed by atoms with Crippen LogP contribution in [0.1, 0.15) is 13.3 Å². The van der Waals surface area contributed by atoms with Gasteiger partial charge in [0.25, 0.3) is 10.2 Å². The molecule has 23 heavy (non-hydrogen) atoms. The van der Waals surface area contributed by atoms with Crippen LogP contribution in [0.5, 0.6) is 0 Å². The molecule has 2 heterocycles. The molecule has 1 amide bonds. The largest absolute Gasteiger partial charge is 0.450 e. The molecule has 1 aliphatic rings. The first-order valence-electron chi connectivity index (χ1n) is 7.67. The molecule has 1 aliphatic heterocycles. The lowest BCUT2D eigenvalue weighted by molar-refractivity contribution is 0.0932. The molecule has 0 atom stereocenters. The maximum atomic E-state index is 12.2. The lowest BCUT2D eigenvalue weighted by Crippen LogP contribution is -2.53. The van der Waals surface area contributed by atoms with Crippen LogP contribution in [-0.2, 0) is 21.5 Å². The van der Waals surface area contributed by atoms with E-state index in [2.05, 4.69) is 9.82 Å². The number of nitrogens with zero attached hydrogens (tertiary/aromatic N) is 4. The van der Waals surface area contributed by atoms with Crippen molar-refractivity contribution in [3.8, 4) is 0 Å². The van der Waals surface area contributed by atoms with E-state index in [1.165, 1.54) is 9.21 Å². The minimum Gasteiger partial charge on any atom is -0.450 e. The molecule has 1 saturated heterocycles. The molecule has 0 bridgehead atoms. The summed E-state index contributed by atoms with van der Waals surface area (Å²) < 4.78 is 35.0. The third-order valence-electron chi connectivity index (χ3n) is 3.51. The molecule has 0 aliphatic carbocycles. The molecule has 0 saturated carbocycles. The summed E-state index contributed by atoms with van der Waals surface area (Å²) in [6.07, 6.45) is 3.79. The van der Waals surface area contributed by atoms with Gasteiger partial charge in [0.05, 0.1) is 6.61 Å². The van der Waals surface area contributed by atoms with Crippen LogP contribution in [0.3, 0.4) is 0 Å². The molecule has 0 unspecified atom stereocenters. The highest BCUT2D eigenvalue weighted by molar-refractivity contribution is 7.87. The first-order chi connectivity index (χ1) is 11.0. The fourth-order valence-electron chi connectivity index (χ4n) is 2.29. The molecule has 1 aromatic heterocycles. The van der Waals surface area contributed by atoms with E-state index in [4.69, 9.17) is 4.74 Å². The average molecular weight is 345 g/mol. The molecular weight excluding hydrogens is 322 g/mol. The van der Waals surface area contributed by atoms with Gasteiger partial charge in [0.1, 0.15) is 0 Å². The third kappa shape index (κ3) is 5.19. The maximum Gasteiger partial charge on any atom is 0.409 e. The smallest absolute Gasteiger partial charge is 0.409 e. The average Bonchev–Trinajstić information content (AvgIpc) is 3.05. The second-order valence-electron chi connectivity index (χ2n) is 5.11. The maximum absolute atomic E-state index is 12.2. The molecule has 1 fully saturated rings. The Morgan fingerprint density at radius 3 is 2.65 bits per heavy atom. The predicted molar refractivity (Wildman–Crippen MR) is 83.9 cm³/mol. The normalized spacial score (nSPS) is 16.5. The lowest BCUT2D eigenvalue weighted by Gasteiger charge is -2.33. The summed E-state index contributed by atoms with van der Waals surface area (Å²) in [6, 6.07) is 1.83. The summed E-state index contributed by atoms with van der Waals surface area (Å²) in [5.74, 6) is 0. The number of piperazine rings is 1. The van der Waals surface area contributed by atoms with Crippen LogP contribution in [-0.4, -0.2) is 72.8 Å². The van der Waals surface area contributed by atoms with Crippen LogP contribution in [0.2, 0.25) is 0 Å². The van der Waals surface area contributed by atoms with Gasteiger partial charge in [-0.05, 0) is 19.4 Å². The minimum absolute atomic E-state index is 0.271. The molecular formula is C13H23N5O4S. The number of hydrogen-bond donors (Lipinski definition) is 1. The van der Waals surface area contributed by atoms with Crippen LogP contribution in [0.25, 0.3) is 0 Å². The second kappa shape index (κ2) is 8.27. The van der Waals surface area contributed by atoms with E-state index in [9.17, 15) is 13.2 Å². The summed E-state index contributed by atoms with van der Waals surface area (Å²) in [4.78, 5) is 13.1. The van der Waals surface area contributed by atoms with Gasteiger partial charge in [0, 0.05) is 51.7 Å². The van der Waals surface area contributed by atoms with E-state index in [0.717, 1.165) is 0 Å². The first-order valence-corrected chi connectivity index (χ1v) is 9.11. The zero-order valence-corrected chi connectivity index (χ0v) is 14.0.